The smallest absolute Gasteiger partial charge is 0.330 e. The van der Waals surface area contributed by atoms with Crippen molar-refractivity contribution in [3.8, 4) is 0 Å². The maximum absolute atomic E-state index is 12.6. The van der Waals surface area contributed by atoms with Crippen LogP contribution < -0.4 is 21.6 Å². The van der Waals surface area contributed by atoms with Crippen LogP contribution in [0.1, 0.15) is 39.0 Å². The number of aromatic nitrogens is 2. The lowest BCUT2D eigenvalue weighted by atomic mass is 10.1. The molecule has 0 radical (unpaired) electrons. The van der Waals surface area contributed by atoms with Gasteiger partial charge in [0.05, 0.1) is 12.7 Å². The van der Waals surface area contributed by atoms with E-state index < -0.39 is 50.7 Å². The van der Waals surface area contributed by atoms with Gasteiger partial charge < -0.3 is 19.4 Å². The number of benzene rings is 2. The third kappa shape index (κ3) is 4.77. The van der Waals surface area contributed by atoms with Crippen molar-refractivity contribution in [2.75, 3.05) is 6.61 Å². The summed E-state index contributed by atoms with van der Waals surface area (Å²) in [6.07, 6.45) is -1.76. The minimum Gasteiger partial charge on any atom is -0.402 e. The minimum absolute atomic E-state index is 0.262. The number of aromatic amines is 1. The molecule has 0 unspecified atom stereocenters. The standard InChI is InChI=1S/C27H34N2O6Si/c1-18-16-29(26(33)28-25(18)32)23-15-22(24(34-23)21(31)17-30)35-36(27(2,3)4,19-11-7-5-8-12-19)20-13-9-6-10-14-20/h5-14,16,21-24,30-31H,15,17H2,1-4H3,(H,28,32,33)/t21-,22+,23-,24-/m1/s1. The molecule has 1 aromatic heterocycles. The molecule has 0 amide bonds. The van der Waals surface area contributed by atoms with Crippen LogP contribution >= 0.6 is 0 Å². The Morgan fingerprint density at radius 2 is 1.64 bits per heavy atom. The summed E-state index contributed by atoms with van der Waals surface area (Å²) in [6.45, 7) is 7.55. The molecule has 1 aliphatic rings. The van der Waals surface area contributed by atoms with Crippen molar-refractivity contribution < 1.29 is 19.4 Å². The van der Waals surface area contributed by atoms with Crippen molar-refractivity contribution in [2.24, 2.45) is 0 Å². The normalized spacial score (nSPS) is 21.4. The second-order valence-corrected chi connectivity index (χ2v) is 14.6. The number of aliphatic hydroxyl groups excluding tert-OH is 2. The fourth-order valence-corrected chi connectivity index (χ4v) is 9.81. The van der Waals surface area contributed by atoms with Gasteiger partial charge in [0.15, 0.2) is 0 Å². The summed E-state index contributed by atoms with van der Waals surface area (Å²) in [5.41, 5.74) is -0.686. The van der Waals surface area contributed by atoms with Crippen LogP contribution in [0.5, 0.6) is 0 Å². The maximum atomic E-state index is 12.6. The van der Waals surface area contributed by atoms with E-state index in [1.807, 2.05) is 36.4 Å². The Morgan fingerprint density at radius 3 is 2.14 bits per heavy atom. The van der Waals surface area contributed by atoms with Gasteiger partial charge in [-0.05, 0) is 22.3 Å². The van der Waals surface area contributed by atoms with Crippen molar-refractivity contribution >= 4 is 18.7 Å². The molecule has 0 aliphatic carbocycles. The number of nitrogens with zero attached hydrogens (tertiary/aromatic N) is 1. The summed E-state index contributed by atoms with van der Waals surface area (Å²) >= 11 is 0. The number of ether oxygens (including phenoxy) is 1. The van der Waals surface area contributed by atoms with Crippen molar-refractivity contribution in [3.05, 3.63) is 93.3 Å². The lowest BCUT2D eigenvalue weighted by Gasteiger charge is -2.45. The summed E-state index contributed by atoms with van der Waals surface area (Å²) in [6, 6.07) is 20.2. The number of rotatable bonds is 7. The van der Waals surface area contributed by atoms with E-state index in [9.17, 15) is 19.8 Å². The Balaban J connectivity index is 1.83. The monoisotopic (exact) mass is 510 g/mol. The lowest BCUT2D eigenvalue weighted by molar-refractivity contribution is -0.0942. The highest BCUT2D eigenvalue weighted by molar-refractivity contribution is 6.99. The van der Waals surface area contributed by atoms with Crippen LogP contribution in [-0.4, -0.2) is 53.0 Å². The molecule has 4 atom stereocenters. The average Bonchev–Trinajstić information content (AvgIpc) is 3.28. The number of H-pyrrole nitrogens is 1. The third-order valence-electron chi connectivity index (χ3n) is 6.88. The van der Waals surface area contributed by atoms with E-state index >= 15 is 0 Å². The Hall–Kier alpha value is -2.82. The molecule has 9 heteroatoms. The van der Waals surface area contributed by atoms with E-state index in [1.54, 1.807) is 6.92 Å². The number of hydrogen-bond acceptors (Lipinski definition) is 6. The Morgan fingerprint density at radius 1 is 1.08 bits per heavy atom. The minimum atomic E-state index is -3.00. The zero-order valence-electron chi connectivity index (χ0n) is 21.0. The fourth-order valence-electron chi connectivity index (χ4n) is 5.11. The number of aryl methyl sites for hydroxylation is 1. The molecule has 8 nitrogen and oxygen atoms in total. The van der Waals surface area contributed by atoms with Gasteiger partial charge in [0.1, 0.15) is 18.4 Å². The van der Waals surface area contributed by atoms with E-state index in [4.69, 9.17) is 9.16 Å². The van der Waals surface area contributed by atoms with Gasteiger partial charge in [0, 0.05) is 18.2 Å². The van der Waals surface area contributed by atoms with E-state index in [1.165, 1.54) is 10.8 Å². The highest BCUT2D eigenvalue weighted by Gasteiger charge is 2.54. The van der Waals surface area contributed by atoms with Crippen molar-refractivity contribution in [1.29, 1.82) is 0 Å². The zero-order valence-corrected chi connectivity index (χ0v) is 22.0. The summed E-state index contributed by atoms with van der Waals surface area (Å²) in [5, 5.41) is 22.4. The molecule has 192 valence electrons. The Kier molecular flexibility index (Phi) is 7.49. The van der Waals surface area contributed by atoms with Crippen molar-refractivity contribution in [2.45, 2.75) is 63.7 Å². The molecular formula is C27H34N2O6Si. The van der Waals surface area contributed by atoms with Crippen molar-refractivity contribution in [3.63, 3.8) is 0 Å². The first-order chi connectivity index (χ1) is 17.1. The van der Waals surface area contributed by atoms with Gasteiger partial charge in [0.2, 0.25) is 0 Å². The van der Waals surface area contributed by atoms with Crippen LogP contribution in [0.15, 0.2) is 76.4 Å². The molecule has 1 fully saturated rings. The molecule has 1 saturated heterocycles. The van der Waals surface area contributed by atoms with Gasteiger partial charge in [0.25, 0.3) is 13.9 Å². The topological polar surface area (TPSA) is 114 Å². The van der Waals surface area contributed by atoms with E-state index in [-0.39, 0.29) is 11.5 Å². The predicted molar refractivity (Wildman–Crippen MR) is 140 cm³/mol. The van der Waals surface area contributed by atoms with Gasteiger partial charge in [-0.3, -0.25) is 14.3 Å². The molecule has 0 spiro atoms. The third-order valence-corrected chi connectivity index (χ3v) is 11.9. The van der Waals surface area contributed by atoms with Gasteiger partial charge >= 0.3 is 5.69 Å². The van der Waals surface area contributed by atoms with Gasteiger partial charge in [-0.1, -0.05) is 81.4 Å². The molecule has 4 rings (SSSR count). The van der Waals surface area contributed by atoms with Crippen LogP contribution in [0, 0.1) is 6.92 Å². The fraction of sp³-hybridized carbons (Fsp3) is 0.407. The van der Waals surface area contributed by atoms with E-state index in [0.29, 0.717) is 5.56 Å². The van der Waals surface area contributed by atoms with Gasteiger partial charge in [-0.15, -0.1) is 0 Å². The highest BCUT2D eigenvalue weighted by Crippen LogP contribution is 2.41. The van der Waals surface area contributed by atoms with Gasteiger partial charge in [-0.2, -0.15) is 0 Å². The highest BCUT2D eigenvalue weighted by atomic mass is 28.4. The maximum Gasteiger partial charge on any atom is 0.330 e. The molecule has 36 heavy (non-hydrogen) atoms. The van der Waals surface area contributed by atoms with Gasteiger partial charge in [-0.25, -0.2) is 4.79 Å². The summed E-state index contributed by atoms with van der Waals surface area (Å²) < 4.78 is 14.6. The molecular weight excluding hydrogens is 476 g/mol. The van der Waals surface area contributed by atoms with Crippen LogP contribution in [0.4, 0.5) is 0 Å². The van der Waals surface area contributed by atoms with Crippen LogP contribution in [0.25, 0.3) is 0 Å². The number of nitrogens with one attached hydrogen (secondary N) is 1. The molecule has 2 aromatic carbocycles. The second-order valence-electron chi connectivity index (χ2n) is 10.3. The van der Waals surface area contributed by atoms with E-state index in [0.717, 1.165) is 10.4 Å². The molecule has 3 aromatic rings. The first-order valence-electron chi connectivity index (χ1n) is 12.1. The molecule has 1 aliphatic heterocycles. The molecule has 2 heterocycles. The van der Waals surface area contributed by atoms with Crippen molar-refractivity contribution in [1.82, 2.24) is 9.55 Å². The average molecular weight is 511 g/mol. The van der Waals surface area contributed by atoms with Crippen LogP contribution in [-0.2, 0) is 9.16 Å². The Bertz CT molecular complexity index is 1250. The van der Waals surface area contributed by atoms with Crippen LogP contribution in [0.2, 0.25) is 5.04 Å². The predicted octanol–water partition coefficient (Wildman–Crippen LogP) is 1.43. The zero-order chi connectivity index (χ0) is 26.1. The summed E-state index contributed by atoms with van der Waals surface area (Å²) in [4.78, 5) is 26.8. The SMILES string of the molecule is Cc1cn([C@H]2C[C@H](O[Si](c3ccccc3)(c3ccccc3)C(C)(C)C)[C@@H]([C@H](O)CO)O2)c(=O)[nH]c1=O. The second kappa shape index (κ2) is 10.3. The molecule has 0 bridgehead atoms. The Labute approximate surface area is 211 Å². The lowest BCUT2D eigenvalue weighted by Crippen LogP contribution is -2.68. The summed E-state index contributed by atoms with van der Waals surface area (Å²) in [5.74, 6) is 0. The summed E-state index contributed by atoms with van der Waals surface area (Å²) in [7, 11) is -3.00. The molecule has 0 saturated carbocycles. The largest absolute Gasteiger partial charge is 0.402 e. The first-order valence-corrected chi connectivity index (χ1v) is 14.0. The van der Waals surface area contributed by atoms with Crippen LogP contribution in [0.3, 0.4) is 0 Å². The van der Waals surface area contributed by atoms with E-state index in [2.05, 4.69) is 50.0 Å². The number of hydrogen-bond donors (Lipinski definition) is 3. The molecule has 3 N–H and O–H groups in total. The number of aliphatic hydroxyl groups is 2. The quantitative estimate of drug-likeness (QED) is 0.415. The first kappa shape index (κ1) is 26.2.